The Balaban J connectivity index is 1.84. The van der Waals surface area contributed by atoms with E-state index in [0.717, 1.165) is 33.8 Å². The highest BCUT2D eigenvalue weighted by Gasteiger charge is 2.21. The number of aromatic nitrogens is 2. The van der Waals surface area contributed by atoms with Gasteiger partial charge in [0.15, 0.2) is 0 Å². The van der Waals surface area contributed by atoms with Crippen LogP contribution in [0.15, 0.2) is 100 Å². The number of benzene rings is 4. The van der Waals surface area contributed by atoms with E-state index >= 15 is 0 Å². The fourth-order valence-electron chi connectivity index (χ4n) is 3.52. The summed E-state index contributed by atoms with van der Waals surface area (Å²) in [6.45, 7) is 0. The van der Waals surface area contributed by atoms with Crippen LogP contribution in [0, 0.1) is 0 Å². The molecule has 0 spiro atoms. The van der Waals surface area contributed by atoms with Gasteiger partial charge in [-0.05, 0) is 58.4 Å². The van der Waals surface area contributed by atoms with Crippen LogP contribution < -0.4 is 10.7 Å². The Hall–Kier alpha value is -3.44. The zero-order valence-electron chi connectivity index (χ0n) is 15.3. The fraction of sp³-hybridized carbons (Fsp3) is 0. The molecule has 5 rings (SSSR count). The van der Waals surface area contributed by atoms with Crippen molar-refractivity contribution >= 4 is 38.3 Å². The summed E-state index contributed by atoms with van der Waals surface area (Å²) in [6, 6.07) is 29.4. The Labute approximate surface area is 175 Å². The topological polar surface area (TPSA) is 46.9 Å². The predicted molar refractivity (Wildman–Crippen MR) is 121 cm³/mol. The van der Waals surface area contributed by atoms with E-state index in [1.807, 2.05) is 91.0 Å². The molecule has 0 amide bonds. The van der Waals surface area contributed by atoms with Crippen LogP contribution in [0.3, 0.4) is 0 Å². The van der Waals surface area contributed by atoms with Crippen molar-refractivity contribution in [2.45, 2.75) is 0 Å². The van der Waals surface area contributed by atoms with Crippen molar-refractivity contribution in [3.05, 3.63) is 106 Å². The van der Waals surface area contributed by atoms with Crippen molar-refractivity contribution < 1.29 is 0 Å². The van der Waals surface area contributed by atoms with Crippen molar-refractivity contribution in [2.75, 3.05) is 5.32 Å². The van der Waals surface area contributed by atoms with Crippen LogP contribution in [0.1, 0.15) is 0 Å². The van der Waals surface area contributed by atoms with Gasteiger partial charge in [0.25, 0.3) is 0 Å². The van der Waals surface area contributed by atoms with Crippen molar-refractivity contribution in [1.29, 1.82) is 0 Å². The average molecular weight is 442 g/mol. The fourth-order valence-corrected chi connectivity index (χ4v) is 4.11. The number of rotatable bonds is 3. The minimum Gasteiger partial charge on any atom is -0.352 e. The Kier molecular flexibility index (Phi) is 4.37. The van der Waals surface area contributed by atoms with Gasteiger partial charge in [0.1, 0.15) is 0 Å². The molecule has 3 aromatic rings. The molecule has 0 atom stereocenters. The van der Waals surface area contributed by atoms with E-state index < -0.39 is 0 Å². The van der Waals surface area contributed by atoms with E-state index in [2.05, 4.69) is 25.8 Å². The van der Waals surface area contributed by atoms with Gasteiger partial charge in [-0.2, -0.15) is 0 Å². The summed E-state index contributed by atoms with van der Waals surface area (Å²) in [5, 5.41) is 3.22. The maximum Gasteiger partial charge on any atom is 0.218 e. The van der Waals surface area contributed by atoms with E-state index in [-0.39, 0.29) is 5.43 Å². The number of hydrogen-bond donors (Lipinski definition) is 1. The van der Waals surface area contributed by atoms with Crippen molar-refractivity contribution in [1.82, 2.24) is 9.55 Å². The summed E-state index contributed by atoms with van der Waals surface area (Å²) in [7, 11) is 0. The van der Waals surface area contributed by atoms with Gasteiger partial charge in [-0.1, -0.05) is 48.5 Å². The predicted octanol–water partition coefficient (Wildman–Crippen LogP) is 6.00. The number of fused-ring (bicyclic) bond motifs is 2. The molecule has 0 saturated carbocycles. The van der Waals surface area contributed by atoms with E-state index in [1.165, 1.54) is 0 Å². The Morgan fingerprint density at radius 3 is 2.24 bits per heavy atom. The molecule has 29 heavy (non-hydrogen) atoms. The Bertz CT molecular complexity index is 1350. The van der Waals surface area contributed by atoms with Crippen molar-refractivity contribution in [3.63, 3.8) is 0 Å². The van der Waals surface area contributed by atoms with Gasteiger partial charge in [-0.3, -0.25) is 4.79 Å². The molecule has 1 aliphatic carbocycles. The Morgan fingerprint density at radius 1 is 0.828 bits per heavy atom. The minimum atomic E-state index is -0.108. The van der Waals surface area contributed by atoms with Gasteiger partial charge in [0.05, 0.1) is 32.6 Å². The number of nitrogens with one attached hydrogen (secondary N) is 1. The second kappa shape index (κ2) is 7.18. The van der Waals surface area contributed by atoms with Crippen LogP contribution in [0.5, 0.6) is 0 Å². The molecule has 4 nitrogen and oxygen atoms in total. The van der Waals surface area contributed by atoms with Gasteiger partial charge in [0, 0.05) is 11.4 Å². The molecule has 0 unspecified atom stereocenters. The number of hydrogen-bond acceptors (Lipinski definition) is 3. The number of halogens is 1. The van der Waals surface area contributed by atoms with Gasteiger partial charge in [-0.25, -0.2) is 4.98 Å². The maximum absolute atomic E-state index is 13.2. The van der Waals surface area contributed by atoms with Crippen LogP contribution in [0.2, 0.25) is 0 Å². The molecule has 0 saturated heterocycles. The monoisotopic (exact) mass is 441 g/mol. The average Bonchev–Trinajstić information content (AvgIpc) is 2.77. The van der Waals surface area contributed by atoms with Gasteiger partial charge < -0.3 is 9.88 Å². The normalized spacial score (nSPS) is 11.1. The zero-order chi connectivity index (χ0) is 19.8. The van der Waals surface area contributed by atoms with Gasteiger partial charge in [-0.15, -0.1) is 0 Å². The summed E-state index contributed by atoms with van der Waals surface area (Å²) < 4.78 is 2.56. The van der Waals surface area contributed by atoms with E-state index in [4.69, 9.17) is 4.98 Å². The summed E-state index contributed by atoms with van der Waals surface area (Å²) in [4.78, 5) is 18.0. The largest absolute Gasteiger partial charge is 0.352 e. The van der Waals surface area contributed by atoms with E-state index in [0.29, 0.717) is 10.2 Å². The lowest BCUT2D eigenvalue weighted by atomic mass is 10.1. The molecule has 0 aromatic heterocycles. The van der Waals surface area contributed by atoms with Crippen LogP contribution in [-0.4, -0.2) is 9.55 Å². The summed E-state index contributed by atoms with van der Waals surface area (Å²) in [6.07, 6.45) is 0. The lowest BCUT2D eigenvalue weighted by Crippen LogP contribution is -2.16. The highest BCUT2D eigenvalue weighted by molar-refractivity contribution is 9.10. The number of anilines is 2. The lowest BCUT2D eigenvalue weighted by molar-refractivity contribution is 1.07. The molecule has 1 aliphatic heterocycles. The minimum absolute atomic E-state index is 0.108. The quantitative estimate of drug-likeness (QED) is 0.349. The lowest BCUT2D eigenvalue weighted by Gasteiger charge is -2.21. The highest BCUT2D eigenvalue weighted by Crippen LogP contribution is 2.34. The summed E-state index contributed by atoms with van der Waals surface area (Å²) >= 11 is 3.57. The number of nitrogens with zero attached hydrogens (tertiary/aromatic N) is 2. The third-order valence-corrected chi connectivity index (χ3v) is 5.57. The molecule has 0 radical (unpaired) electrons. The Morgan fingerprint density at radius 2 is 1.48 bits per heavy atom. The summed E-state index contributed by atoms with van der Waals surface area (Å²) in [5.74, 6) is 0. The molecule has 0 bridgehead atoms. The SMILES string of the molecule is O=c1c(Nc2ccccc2)cc2nc3ccccc3n(-c3ccccc3)c-2c1Br. The maximum atomic E-state index is 13.2. The molecule has 5 heteroatoms. The van der Waals surface area contributed by atoms with Crippen LogP contribution >= 0.6 is 15.9 Å². The second-order valence-corrected chi connectivity index (χ2v) is 7.49. The molecule has 1 N–H and O–H groups in total. The third kappa shape index (κ3) is 3.09. The van der Waals surface area contributed by atoms with Crippen molar-refractivity contribution in [3.8, 4) is 17.1 Å². The van der Waals surface area contributed by atoms with Gasteiger partial charge >= 0.3 is 0 Å². The molecule has 2 aliphatic rings. The number of para-hydroxylation sites is 4. The first-order valence-corrected chi connectivity index (χ1v) is 10.0. The first kappa shape index (κ1) is 17.6. The molecule has 3 aromatic carbocycles. The standard InChI is InChI=1S/C24H16BrN3O/c25-22-23-19(15-20(24(22)29)26-16-9-3-1-4-10-16)27-18-13-7-8-14-21(18)28(23)17-11-5-2-6-12-17/h1-15,26H. The second-order valence-electron chi connectivity index (χ2n) is 6.70. The zero-order valence-corrected chi connectivity index (χ0v) is 16.9. The van der Waals surface area contributed by atoms with Crippen LogP contribution in [0.25, 0.3) is 28.1 Å². The molecular formula is C24H16BrN3O. The summed E-state index contributed by atoms with van der Waals surface area (Å²) in [5.41, 5.74) is 5.49. The van der Waals surface area contributed by atoms with Crippen molar-refractivity contribution in [2.24, 2.45) is 0 Å². The van der Waals surface area contributed by atoms with E-state index in [1.54, 1.807) is 0 Å². The third-order valence-electron chi connectivity index (χ3n) is 4.83. The molecule has 1 heterocycles. The molecule has 0 fully saturated rings. The first-order chi connectivity index (χ1) is 14.2. The smallest absolute Gasteiger partial charge is 0.218 e. The van der Waals surface area contributed by atoms with Crippen LogP contribution in [-0.2, 0) is 0 Å². The van der Waals surface area contributed by atoms with E-state index in [9.17, 15) is 4.79 Å². The molecule has 140 valence electrons. The van der Waals surface area contributed by atoms with Gasteiger partial charge in [0.2, 0.25) is 5.43 Å². The van der Waals surface area contributed by atoms with Crippen LogP contribution in [0.4, 0.5) is 11.4 Å². The molecular weight excluding hydrogens is 426 g/mol. The first-order valence-electron chi connectivity index (χ1n) is 9.24. The highest BCUT2D eigenvalue weighted by atomic mass is 79.9.